The third-order valence-electron chi connectivity index (χ3n) is 2.12. The number of aromatic nitrogens is 3. The molecule has 0 aliphatic rings. The molecule has 2 aromatic rings. The minimum Gasteiger partial charge on any atom is -0.396 e. The Hall–Kier alpha value is -2.37. The van der Waals surface area contributed by atoms with Crippen LogP contribution in [0.15, 0.2) is 30.7 Å². The highest BCUT2D eigenvalue weighted by Crippen LogP contribution is 2.14. The van der Waals surface area contributed by atoms with E-state index >= 15 is 0 Å². The predicted molar refractivity (Wildman–Crippen MR) is 59.2 cm³/mol. The molecule has 0 atom stereocenters. The van der Waals surface area contributed by atoms with Crippen molar-refractivity contribution in [1.82, 2.24) is 20.1 Å². The molecule has 0 radical (unpaired) electrons. The average molecular weight is 217 g/mol. The van der Waals surface area contributed by atoms with Crippen molar-refractivity contribution in [2.24, 2.45) is 0 Å². The van der Waals surface area contributed by atoms with Crippen LogP contribution in [0.1, 0.15) is 10.5 Å². The van der Waals surface area contributed by atoms with Gasteiger partial charge in [-0.1, -0.05) is 0 Å². The Kier molecular flexibility index (Phi) is 2.55. The highest BCUT2D eigenvalue weighted by atomic mass is 16.1. The van der Waals surface area contributed by atoms with Gasteiger partial charge >= 0.3 is 0 Å². The number of amides is 1. The van der Waals surface area contributed by atoms with Crippen LogP contribution in [0.3, 0.4) is 0 Å². The molecule has 0 fully saturated rings. The number of anilines is 1. The second-order valence-electron chi connectivity index (χ2n) is 3.16. The van der Waals surface area contributed by atoms with Crippen LogP contribution < -0.4 is 11.1 Å². The minimum atomic E-state index is -0.230. The Bertz CT molecular complexity index is 519. The van der Waals surface area contributed by atoms with Gasteiger partial charge in [0.1, 0.15) is 0 Å². The molecule has 0 bridgehead atoms. The Morgan fingerprint density at radius 2 is 2.31 bits per heavy atom. The quantitative estimate of drug-likeness (QED) is 0.752. The van der Waals surface area contributed by atoms with Crippen LogP contribution in [0.2, 0.25) is 0 Å². The molecule has 0 saturated carbocycles. The van der Waals surface area contributed by atoms with E-state index in [2.05, 4.69) is 15.4 Å². The summed E-state index contributed by atoms with van der Waals surface area (Å²) in [5, 5.41) is 6.61. The summed E-state index contributed by atoms with van der Waals surface area (Å²) in [7, 11) is 1.56. The van der Waals surface area contributed by atoms with E-state index in [0.29, 0.717) is 17.1 Å². The first-order chi connectivity index (χ1) is 7.72. The molecule has 0 unspecified atom stereocenters. The summed E-state index contributed by atoms with van der Waals surface area (Å²) in [5.74, 6) is -0.230. The summed E-state index contributed by atoms with van der Waals surface area (Å²) >= 11 is 0. The summed E-state index contributed by atoms with van der Waals surface area (Å²) in [4.78, 5) is 15.2. The first kappa shape index (κ1) is 10.2. The first-order valence-electron chi connectivity index (χ1n) is 4.70. The first-order valence-corrected chi connectivity index (χ1v) is 4.70. The van der Waals surface area contributed by atoms with E-state index in [1.165, 1.54) is 6.20 Å². The number of nitrogens with zero attached hydrogens (tertiary/aromatic N) is 3. The molecule has 0 aliphatic carbocycles. The zero-order valence-corrected chi connectivity index (χ0v) is 8.71. The topological polar surface area (TPSA) is 85.8 Å². The largest absolute Gasteiger partial charge is 0.396 e. The number of carbonyl (C=O) groups excluding carboxylic acids is 1. The van der Waals surface area contributed by atoms with Crippen molar-refractivity contribution in [3.05, 3.63) is 36.4 Å². The van der Waals surface area contributed by atoms with E-state index in [1.807, 2.05) is 0 Å². The molecule has 3 N–H and O–H groups in total. The van der Waals surface area contributed by atoms with Gasteiger partial charge in [0.05, 0.1) is 17.6 Å². The van der Waals surface area contributed by atoms with Gasteiger partial charge in [-0.05, 0) is 12.1 Å². The minimum absolute atomic E-state index is 0.230. The molecule has 0 spiro atoms. The van der Waals surface area contributed by atoms with Crippen molar-refractivity contribution in [3.8, 4) is 5.69 Å². The zero-order valence-electron chi connectivity index (χ0n) is 8.71. The maximum absolute atomic E-state index is 11.3. The average Bonchev–Trinajstić information content (AvgIpc) is 2.78. The van der Waals surface area contributed by atoms with Crippen molar-refractivity contribution in [2.75, 3.05) is 12.8 Å². The number of nitrogens with one attached hydrogen (secondary N) is 1. The van der Waals surface area contributed by atoms with Crippen molar-refractivity contribution >= 4 is 11.6 Å². The standard InChI is InChI=1S/C10H11N5O/c1-12-10(16)8-3-5-15(14-8)9-2-4-13-6-7(9)11/h2-6H,11H2,1H3,(H,12,16). The number of hydrogen-bond donors (Lipinski definition) is 2. The van der Waals surface area contributed by atoms with E-state index in [0.717, 1.165) is 0 Å². The molecule has 82 valence electrons. The summed E-state index contributed by atoms with van der Waals surface area (Å²) in [6.07, 6.45) is 4.83. The number of pyridine rings is 1. The molecular formula is C10H11N5O. The maximum atomic E-state index is 11.3. The van der Waals surface area contributed by atoms with Crippen LogP contribution in [0.4, 0.5) is 5.69 Å². The summed E-state index contributed by atoms with van der Waals surface area (Å²) < 4.78 is 1.54. The molecule has 6 nitrogen and oxygen atoms in total. The van der Waals surface area contributed by atoms with Gasteiger partial charge in [0.15, 0.2) is 5.69 Å². The third-order valence-corrected chi connectivity index (χ3v) is 2.12. The Labute approximate surface area is 92.1 Å². The van der Waals surface area contributed by atoms with Crippen LogP contribution >= 0.6 is 0 Å². The van der Waals surface area contributed by atoms with Gasteiger partial charge in [0, 0.05) is 19.4 Å². The SMILES string of the molecule is CNC(=O)c1ccn(-c2ccncc2N)n1. The van der Waals surface area contributed by atoms with E-state index in [9.17, 15) is 4.79 Å². The van der Waals surface area contributed by atoms with E-state index in [1.54, 1.807) is 36.3 Å². The summed E-state index contributed by atoms with van der Waals surface area (Å²) in [5.41, 5.74) is 7.30. The Balaban J connectivity index is 2.39. The molecular weight excluding hydrogens is 206 g/mol. The van der Waals surface area contributed by atoms with Gasteiger partial charge in [-0.2, -0.15) is 5.10 Å². The molecule has 2 rings (SSSR count). The van der Waals surface area contributed by atoms with Crippen molar-refractivity contribution in [3.63, 3.8) is 0 Å². The normalized spacial score (nSPS) is 10.1. The van der Waals surface area contributed by atoms with E-state index < -0.39 is 0 Å². The fourth-order valence-electron chi connectivity index (χ4n) is 1.32. The highest BCUT2D eigenvalue weighted by molar-refractivity contribution is 5.91. The van der Waals surface area contributed by atoms with Crippen LogP contribution in [-0.2, 0) is 0 Å². The van der Waals surface area contributed by atoms with Gasteiger partial charge in [-0.25, -0.2) is 4.68 Å². The number of carbonyl (C=O) groups is 1. The molecule has 2 aromatic heterocycles. The number of nitrogen functional groups attached to an aromatic ring is 1. The van der Waals surface area contributed by atoms with Crippen molar-refractivity contribution in [1.29, 1.82) is 0 Å². The van der Waals surface area contributed by atoms with Gasteiger partial charge in [0.25, 0.3) is 5.91 Å². The van der Waals surface area contributed by atoms with Gasteiger partial charge in [-0.15, -0.1) is 0 Å². The second-order valence-corrected chi connectivity index (χ2v) is 3.16. The molecule has 2 heterocycles. The van der Waals surface area contributed by atoms with Crippen LogP contribution in [0.5, 0.6) is 0 Å². The Morgan fingerprint density at radius 3 is 3.00 bits per heavy atom. The highest BCUT2D eigenvalue weighted by Gasteiger charge is 2.09. The predicted octanol–water partition coefficient (Wildman–Crippen LogP) is 0.209. The van der Waals surface area contributed by atoms with E-state index in [4.69, 9.17) is 5.73 Å². The molecule has 1 amide bonds. The number of rotatable bonds is 2. The zero-order chi connectivity index (χ0) is 11.5. The van der Waals surface area contributed by atoms with Crippen molar-refractivity contribution in [2.45, 2.75) is 0 Å². The molecule has 0 saturated heterocycles. The second kappa shape index (κ2) is 4.01. The van der Waals surface area contributed by atoms with Gasteiger partial charge in [-0.3, -0.25) is 9.78 Å². The lowest BCUT2D eigenvalue weighted by Gasteiger charge is -2.03. The molecule has 0 aliphatic heterocycles. The van der Waals surface area contributed by atoms with Crippen molar-refractivity contribution < 1.29 is 4.79 Å². The molecule has 16 heavy (non-hydrogen) atoms. The lowest BCUT2D eigenvalue weighted by atomic mass is 10.3. The lowest BCUT2D eigenvalue weighted by Crippen LogP contribution is -2.18. The number of nitrogens with two attached hydrogens (primary N) is 1. The fraction of sp³-hybridized carbons (Fsp3) is 0.100. The van der Waals surface area contributed by atoms with Crippen LogP contribution in [-0.4, -0.2) is 27.7 Å². The van der Waals surface area contributed by atoms with Crippen LogP contribution in [0.25, 0.3) is 5.69 Å². The number of hydrogen-bond acceptors (Lipinski definition) is 4. The van der Waals surface area contributed by atoms with Gasteiger partial charge < -0.3 is 11.1 Å². The maximum Gasteiger partial charge on any atom is 0.271 e. The van der Waals surface area contributed by atoms with Gasteiger partial charge in [0.2, 0.25) is 0 Å². The Morgan fingerprint density at radius 1 is 1.50 bits per heavy atom. The molecule has 0 aromatic carbocycles. The van der Waals surface area contributed by atoms with E-state index in [-0.39, 0.29) is 5.91 Å². The monoisotopic (exact) mass is 217 g/mol. The lowest BCUT2D eigenvalue weighted by molar-refractivity contribution is 0.0958. The summed E-state index contributed by atoms with van der Waals surface area (Å²) in [6.45, 7) is 0. The van der Waals surface area contributed by atoms with Crippen LogP contribution in [0, 0.1) is 0 Å². The molecule has 6 heteroatoms. The third kappa shape index (κ3) is 1.72. The smallest absolute Gasteiger partial charge is 0.271 e. The fourth-order valence-corrected chi connectivity index (χ4v) is 1.32. The summed E-state index contributed by atoms with van der Waals surface area (Å²) in [6, 6.07) is 3.36.